The summed E-state index contributed by atoms with van der Waals surface area (Å²) in [5, 5.41) is 3.57. The predicted octanol–water partition coefficient (Wildman–Crippen LogP) is 1.35. The Balaban J connectivity index is 2.51. The minimum Gasteiger partial charge on any atom is -0.368 e. The first-order valence-corrected chi connectivity index (χ1v) is 7.36. The highest BCUT2D eigenvalue weighted by atomic mass is 16.1. The van der Waals surface area contributed by atoms with Gasteiger partial charge in [0, 0.05) is 12.6 Å². The number of carbonyl (C=O) groups excluding carboxylic acids is 1. The lowest BCUT2D eigenvalue weighted by atomic mass is 9.90. The number of piperidine rings is 1. The van der Waals surface area contributed by atoms with E-state index in [-0.39, 0.29) is 11.9 Å². The molecular weight excluding hydrogens is 226 g/mol. The molecule has 0 aromatic rings. The third-order valence-electron chi connectivity index (χ3n) is 4.07. The molecule has 0 radical (unpaired) electrons. The zero-order chi connectivity index (χ0) is 13.5. The number of primary amides is 1. The van der Waals surface area contributed by atoms with Crippen LogP contribution < -0.4 is 11.1 Å². The minimum atomic E-state index is -0.174. The molecule has 4 heteroatoms. The van der Waals surface area contributed by atoms with Crippen LogP contribution in [0, 0.1) is 5.92 Å². The van der Waals surface area contributed by atoms with E-state index in [1.807, 2.05) is 6.92 Å². The molecule has 1 rings (SSSR count). The number of hydrogen-bond donors (Lipinski definition) is 2. The molecule has 106 valence electrons. The van der Waals surface area contributed by atoms with Gasteiger partial charge in [0.15, 0.2) is 0 Å². The van der Waals surface area contributed by atoms with E-state index in [0.29, 0.717) is 12.0 Å². The number of likely N-dealkylation sites (tertiary alicyclic amines) is 1. The lowest BCUT2D eigenvalue weighted by Crippen LogP contribution is -2.52. The maximum absolute atomic E-state index is 11.4. The second-order valence-corrected chi connectivity index (χ2v) is 5.47. The van der Waals surface area contributed by atoms with Crippen LogP contribution in [0.1, 0.15) is 46.5 Å². The summed E-state index contributed by atoms with van der Waals surface area (Å²) in [5.74, 6) is 0.464. The van der Waals surface area contributed by atoms with Crippen molar-refractivity contribution in [2.75, 3.05) is 19.6 Å². The van der Waals surface area contributed by atoms with E-state index < -0.39 is 0 Å². The third-order valence-corrected chi connectivity index (χ3v) is 4.07. The van der Waals surface area contributed by atoms with E-state index in [1.165, 1.54) is 19.3 Å². The summed E-state index contributed by atoms with van der Waals surface area (Å²) in [5.41, 5.74) is 5.48. The molecule has 0 aromatic heterocycles. The highest BCUT2D eigenvalue weighted by Crippen LogP contribution is 2.22. The topological polar surface area (TPSA) is 58.4 Å². The van der Waals surface area contributed by atoms with Crippen LogP contribution in [0.3, 0.4) is 0 Å². The van der Waals surface area contributed by atoms with Gasteiger partial charge in [-0.3, -0.25) is 9.69 Å². The van der Waals surface area contributed by atoms with Crippen LogP contribution in [-0.2, 0) is 4.79 Å². The fourth-order valence-corrected chi connectivity index (χ4v) is 2.91. The van der Waals surface area contributed by atoms with Gasteiger partial charge in [-0.25, -0.2) is 0 Å². The Kier molecular flexibility index (Phi) is 6.65. The van der Waals surface area contributed by atoms with Gasteiger partial charge < -0.3 is 11.1 Å². The molecule has 1 aliphatic heterocycles. The Morgan fingerprint density at radius 3 is 2.78 bits per heavy atom. The summed E-state index contributed by atoms with van der Waals surface area (Å²) in [6, 6.07) is 0.448. The van der Waals surface area contributed by atoms with Gasteiger partial charge >= 0.3 is 0 Å². The Hall–Kier alpha value is -0.610. The molecule has 0 aromatic carbocycles. The van der Waals surface area contributed by atoms with Crippen molar-refractivity contribution < 1.29 is 4.79 Å². The average Bonchev–Trinajstić information content (AvgIpc) is 2.36. The predicted molar refractivity (Wildman–Crippen MR) is 75.3 cm³/mol. The van der Waals surface area contributed by atoms with Crippen LogP contribution in [0.15, 0.2) is 0 Å². The summed E-state index contributed by atoms with van der Waals surface area (Å²) < 4.78 is 0. The van der Waals surface area contributed by atoms with Crippen LogP contribution in [0.25, 0.3) is 0 Å². The van der Waals surface area contributed by atoms with Crippen LogP contribution in [-0.4, -0.2) is 42.5 Å². The molecule has 1 amide bonds. The lowest BCUT2D eigenvalue weighted by molar-refractivity contribution is -0.124. The molecule has 4 nitrogen and oxygen atoms in total. The summed E-state index contributed by atoms with van der Waals surface area (Å²) in [4.78, 5) is 13.7. The monoisotopic (exact) mass is 255 g/mol. The largest absolute Gasteiger partial charge is 0.368 e. The summed E-state index contributed by atoms with van der Waals surface area (Å²) in [6.07, 6.45) is 4.41. The Labute approximate surface area is 111 Å². The normalized spacial score (nSPS) is 24.7. The van der Waals surface area contributed by atoms with Gasteiger partial charge in [-0.05, 0) is 51.6 Å². The second kappa shape index (κ2) is 7.74. The Morgan fingerprint density at radius 1 is 1.50 bits per heavy atom. The van der Waals surface area contributed by atoms with E-state index in [1.54, 1.807) is 0 Å². The van der Waals surface area contributed by atoms with Crippen LogP contribution in [0.5, 0.6) is 0 Å². The molecule has 1 aliphatic rings. The number of nitrogens with one attached hydrogen (secondary N) is 1. The van der Waals surface area contributed by atoms with Gasteiger partial charge in [-0.1, -0.05) is 13.8 Å². The van der Waals surface area contributed by atoms with Gasteiger partial charge in [0.05, 0.1) is 6.04 Å². The number of nitrogens with zero attached hydrogens (tertiary/aromatic N) is 1. The molecule has 1 heterocycles. The summed E-state index contributed by atoms with van der Waals surface area (Å²) in [7, 11) is 0. The first-order chi connectivity index (χ1) is 8.60. The summed E-state index contributed by atoms with van der Waals surface area (Å²) >= 11 is 0. The molecular formula is C14H29N3O. The molecule has 0 aliphatic carbocycles. The molecule has 1 saturated heterocycles. The zero-order valence-corrected chi connectivity index (χ0v) is 12.1. The van der Waals surface area contributed by atoms with Crippen molar-refractivity contribution in [3.8, 4) is 0 Å². The van der Waals surface area contributed by atoms with Crippen LogP contribution in [0.2, 0.25) is 0 Å². The smallest absolute Gasteiger partial charge is 0.234 e. The fraction of sp³-hybridized carbons (Fsp3) is 0.929. The van der Waals surface area contributed by atoms with Crippen molar-refractivity contribution in [2.45, 2.75) is 58.5 Å². The maximum atomic E-state index is 11.4. The van der Waals surface area contributed by atoms with Gasteiger partial charge in [0.1, 0.15) is 0 Å². The van der Waals surface area contributed by atoms with Crippen molar-refractivity contribution in [2.24, 2.45) is 11.7 Å². The van der Waals surface area contributed by atoms with Crippen LogP contribution >= 0.6 is 0 Å². The molecule has 1 fully saturated rings. The number of amides is 1. The molecule has 18 heavy (non-hydrogen) atoms. The fourth-order valence-electron chi connectivity index (χ4n) is 2.91. The average molecular weight is 255 g/mol. The number of carbonyl (C=O) groups is 1. The van der Waals surface area contributed by atoms with Crippen molar-refractivity contribution >= 4 is 5.91 Å². The van der Waals surface area contributed by atoms with Gasteiger partial charge in [0.2, 0.25) is 5.91 Å². The van der Waals surface area contributed by atoms with Crippen LogP contribution in [0.4, 0.5) is 0 Å². The molecule has 3 N–H and O–H groups in total. The van der Waals surface area contributed by atoms with Crippen molar-refractivity contribution in [1.29, 1.82) is 0 Å². The third kappa shape index (κ3) is 4.25. The van der Waals surface area contributed by atoms with Crippen molar-refractivity contribution in [3.05, 3.63) is 0 Å². The standard InChI is InChI=1S/C14H29N3O/c1-4-8-16-11(3)12-7-6-9-17(10-12)13(5-2)14(15)18/h11-13,16H,4-10H2,1-3H3,(H2,15,18). The minimum absolute atomic E-state index is 0.0776. The Morgan fingerprint density at radius 2 is 2.22 bits per heavy atom. The number of nitrogens with two attached hydrogens (primary N) is 1. The van der Waals surface area contributed by atoms with Gasteiger partial charge in [0.25, 0.3) is 0 Å². The van der Waals surface area contributed by atoms with E-state index >= 15 is 0 Å². The molecule has 0 bridgehead atoms. The molecule has 0 saturated carbocycles. The second-order valence-electron chi connectivity index (χ2n) is 5.47. The molecule has 0 spiro atoms. The highest BCUT2D eigenvalue weighted by molar-refractivity contribution is 5.79. The van der Waals surface area contributed by atoms with E-state index in [4.69, 9.17) is 5.73 Å². The number of rotatable bonds is 7. The lowest BCUT2D eigenvalue weighted by Gasteiger charge is -2.39. The number of hydrogen-bond acceptors (Lipinski definition) is 3. The maximum Gasteiger partial charge on any atom is 0.234 e. The SMILES string of the molecule is CCCNC(C)C1CCCN(C(CC)C(N)=O)C1. The zero-order valence-electron chi connectivity index (χ0n) is 12.1. The van der Waals surface area contributed by atoms with E-state index in [2.05, 4.69) is 24.1 Å². The van der Waals surface area contributed by atoms with E-state index in [9.17, 15) is 4.79 Å². The molecule has 3 unspecified atom stereocenters. The van der Waals surface area contributed by atoms with Crippen molar-refractivity contribution in [3.63, 3.8) is 0 Å². The van der Waals surface area contributed by atoms with Gasteiger partial charge in [-0.2, -0.15) is 0 Å². The summed E-state index contributed by atoms with van der Waals surface area (Å²) in [6.45, 7) is 9.57. The first-order valence-electron chi connectivity index (χ1n) is 7.36. The van der Waals surface area contributed by atoms with Gasteiger partial charge in [-0.15, -0.1) is 0 Å². The highest BCUT2D eigenvalue weighted by Gasteiger charge is 2.30. The molecule has 3 atom stereocenters. The Bertz CT molecular complexity index is 257. The quantitative estimate of drug-likeness (QED) is 0.722. The van der Waals surface area contributed by atoms with Crippen molar-refractivity contribution in [1.82, 2.24) is 10.2 Å². The van der Waals surface area contributed by atoms with E-state index in [0.717, 1.165) is 26.1 Å². The first kappa shape index (κ1) is 15.4.